The van der Waals surface area contributed by atoms with E-state index in [1.807, 2.05) is 0 Å². The van der Waals surface area contributed by atoms with Crippen molar-refractivity contribution in [3.05, 3.63) is 41.5 Å². The van der Waals surface area contributed by atoms with Crippen LogP contribution < -0.4 is 0 Å². The Hall–Kier alpha value is -1.64. The Balaban J connectivity index is 2.57. The first-order valence-corrected chi connectivity index (χ1v) is 6.96. The maximum atomic E-state index is 13.0. The van der Waals surface area contributed by atoms with Crippen molar-refractivity contribution in [2.75, 3.05) is 0 Å². The summed E-state index contributed by atoms with van der Waals surface area (Å²) in [6, 6.07) is 6.44. The second-order valence-corrected chi connectivity index (χ2v) is 7.32. The van der Waals surface area contributed by atoms with E-state index in [-0.39, 0.29) is 16.6 Å². The molecule has 1 aromatic carbocycles. The van der Waals surface area contributed by atoms with Gasteiger partial charge >= 0.3 is 0 Å². The quantitative estimate of drug-likeness (QED) is 0.794. The first-order valence-electron chi connectivity index (χ1n) is 6.96. The van der Waals surface area contributed by atoms with Gasteiger partial charge in [-0.25, -0.2) is 9.37 Å². The maximum Gasteiger partial charge on any atom is 0.137 e. The monoisotopic (exact) mass is 274 g/mol. The van der Waals surface area contributed by atoms with E-state index in [0.29, 0.717) is 0 Å². The number of imidazole rings is 1. The Morgan fingerprint density at radius 1 is 0.900 bits per heavy atom. The average Bonchev–Trinajstić information content (AvgIpc) is 2.74. The van der Waals surface area contributed by atoms with Crippen molar-refractivity contribution in [1.29, 1.82) is 0 Å². The smallest absolute Gasteiger partial charge is 0.137 e. The average molecular weight is 274 g/mol. The highest BCUT2D eigenvalue weighted by atomic mass is 19.1. The van der Waals surface area contributed by atoms with Crippen molar-refractivity contribution >= 4 is 0 Å². The summed E-state index contributed by atoms with van der Waals surface area (Å²) in [5.74, 6) is 0.576. The van der Waals surface area contributed by atoms with Gasteiger partial charge in [0.1, 0.15) is 11.6 Å². The molecule has 0 radical (unpaired) electrons. The van der Waals surface area contributed by atoms with Crippen LogP contribution in [0.3, 0.4) is 0 Å². The summed E-state index contributed by atoms with van der Waals surface area (Å²) >= 11 is 0. The van der Waals surface area contributed by atoms with E-state index in [1.54, 1.807) is 12.1 Å². The third-order valence-corrected chi connectivity index (χ3v) is 3.28. The van der Waals surface area contributed by atoms with Crippen molar-refractivity contribution in [3.63, 3.8) is 0 Å². The fourth-order valence-corrected chi connectivity index (χ4v) is 2.20. The topological polar surface area (TPSA) is 28.7 Å². The van der Waals surface area contributed by atoms with Crippen LogP contribution >= 0.6 is 0 Å². The molecule has 20 heavy (non-hydrogen) atoms. The molecule has 0 saturated heterocycles. The van der Waals surface area contributed by atoms with Gasteiger partial charge in [0.15, 0.2) is 0 Å². The third kappa shape index (κ3) is 2.92. The van der Waals surface area contributed by atoms with Crippen LogP contribution in [0.15, 0.2) is 24.3 Å². The van der Waals surface area contributed by atoms with Gasteiger partial charge in [-0.15, -0.1) is 0 Å². The number of hydrogen-bond donors (Lipinski definition) is 1. The summed E-state index contributed by atoms with van der Waals surface area (Å²) in [6.45, 7) is 13.0. The standard InChI is InChI=1S/C17H23FN2/c1-16(2,3)13-14(17(4,5)6)20-15(19-13)11-7-9-12(18)10-8-11/h7-10H,1-6H3,(H,19,20). The van der Waals surface area contributed by atoms with Gasteiger partial charge < -0.3 is 4.98 Å². The normalized spacial score (nSPS) is 12.8. The Kier molecular flexibility index (Phi) is 3.49. The molecule has 0 saturated carbocycles. The molecule has 0 bridgehead atoms. The zero-order chi connectivity index (χ0) is 15.1. The van der Waals surface area contributed by atoms with Crippen LogP contribution in [-0.2, 0) is 10.8 Å². The molecule has 0 unspecified atom stereocenters. The lowest BCUT2D eigenvalue weighted by Gasteiger charge is -2.24. The van der Waals surface area contributed by atoms with Crippen LogP contribution in [0.5, 0.6) is 0 Å². The SMILES string of the molecule is CC(C)(C)c1nc(-c2ccc(F)cc2)[nH]c1C(C)(C)C. The Morgan fingerprint density at radius 3 is 1.85 bits per heavy atom. The van der Waals surface area contributed by atoms with E-state index in [2.05, 4.69) is 46.5 Å². The fraction of sp³-hybridized carbons (Fsp3) is 0.471. The van der Waals surface area contributed by atoms with E-state index in [4.69, 9.17) is 4.98 Å². The highest BCUT2D eigenvalue weighted by Gasteiger charge is 2.29. The molecule has 0 aliphatic heterocycles. The lowest BCUT2D eigenvalue weighted by molar-refractivity contribution is 0.512. The van der Waals surface area contributed by atoms with Crippen molar-refractivity contribution in [3.8, 4) is 11.4 Å². The van der Waals surface area contributed by atoms with Gasteiger partial charge in [0.05, 0.1) is 5.69 Å². The summed E-state index contributed by atoms with van der Waals surface area (Å²) in [7, 11) is 0. The number of H-pyrrole nitrogens is 1. The largest absolute Gasteiger partial charge is 0.341 e. The Morgan fingerprint density at radius 2 is 1.45 bits per heavy atom. The van der Waals surface area contributed by atoms with Crippen LogP contribution in [0.1, 0.15) is 52.9 Å². The lowest BCUT2D eigenvalue weighted by atomic mass is 9.82. The van der Waals surface area contributed by atoms with E-state index >= 15 is 0 Å². The number of nitrogens with one attached hydrogen (secondary N) is 1. The molecule has 0 aliphatic rings. The fourth-order valence-electron chi connectivity index (χ4n) is 2.20. The molecule has 0 amide bonds. The zero-order valence-electron chi connectivity index (χ0n) is 13.1. The van der Waals surface area contributed by atoms with Crippen molar-refractivity contribution in [2.45, 2.75) is 52.4 Å². The molecule has 0 aliphatic carbocycles. The highest BCUT2D eigenvalue weighted by molar-refractivity contribution is 5.56. The predicted octanol–water partition coefficient (Wildman–Crippen LogP) is 4.81. The van der Waals surface area contributed by atoms with Gasteiger partial charge in [0, 0.05) is 22.1 Å². The van der Waals surface area contributed by atoms with E-state index in [0.717, 1.165) is 22.8 Å². The molecule has 2 aromatic rings. The van der Waals surface area contributed by atoms with Crippen LogP contribution in [0.25, 0.3) is 11.4 Å². The number of benzene rings is 1. The van der Waals surface area contributed by atoms with Crippen molar-refractivity contribution < 1.29 is 4.39 Å². The van der Waals surface area contributed by atoms with Crippen LogP contribution in [0.2, 0.25) is 0 Å². The molecule has 108 valence electrons. The molecule has 2 rings (SSSR count). The molecule has 2 nitrogen and oxygen atoms in total. The summed E-state index contributed by atoms with van der Waals surface area (Å²) in [5, 5.41) is 0. The van der Waals surface area contributed by atoms with Crippen LogP contribution in [-0.4, -0.2) is 9.97 Å². The number of hydrogen-bond acceptors (Lipinski definition) is 1. The van der Waals surface area contributed by atoms with Crippen molar-refractivity contribution in [2.24, 2.45) is 0 Å². The summed E-state index contributed by atoms with van der Waals surface area (Å²) in [4.78, 5) is 8.20. The first kappa shape index (κ1) is 14.8. The van der Waals surface area contributed by atoms with Gasteiger partial charge in [-0.2, -0.15) is 0 Å². The van der Waals surface area contributed by atoms with Crippen LogP contribution in [0.4, 0.5) is 4.39 Å². The third-order valence-electron chi connectivity index (χ3n) is 3.28. The number of halogens is 1. The molecule has 1 N–H and O–H groups in total. The minimum Gasteiger partial charge on any atom is -0.341 e. The van der Waals surface area contributed by atoms with E-state index in [1.165, 1.54) is 12.1 Å². The number of rotatable bonds is 1. The zero-order valence-corrected chi connectivity index (χ0v) is 13.1. The number of nitrogens with zero attached hydrogens (tertiary/aromatic N) is 1. The number of aromatic nitrogens is 2. The summed E-state index contributed by atoms with van der Waals surface area (Å²) in [5.41, 5.74) is 3.09. The molecule has 0 fully saturated rings. The maximum absolute atomic E-state index is 13.0. The summed E-state index contributed by atoms with van der Waals surface area (Å²) in [6.07, 6.45) is 0. The molecule has 0 spiro atoms. The number of aromatic amines is 1. The summed E-state index contributed by atoms with van der Waals surface area (Å²) < 4.78 is 13.0. The van der Waals surface area contributed by atoms with Crippen molar-refractivity contribution in [1.82, 2.24) is 9.97 Å². The van der Waals surface area contributed by atoms with Gasteiger partial charge in [-0.3, -0.25) is 0 Å². The molecule has 1 aromatic heterocycles. The van der Waals surface area contributed by atoms with Gasteiger partial charge in [-0.1, -0.05) is 41.5 Å². The van der Waals surface area contributed by atoms with E-state index < -0.39 is 0 Å². The molecular weight excluding hydrogens is 251 g/mol. The Bertz CT molecular complexity index is 564. The first-order chi connectivity index (χ1) is 9.09. The second-order valence-electron chi connectivity index (χ2n) is 7.32. The van der Waals surface area contributed by atoms with Gasteiger partial charge in [-0.05, 0) is 24.3 Å². The molecular formula is C17H23FN2. The van der Waals surface area contributed by atoms with E-state index in [9.17, 15) is 4.39 Å². The minimum absolute atomic E-state index is 0.00606. The second kappa shape index (κ2) is 4.72. The molecule has 3 heteroatoms. The van der Waals surface area contributed by atoms with Gasteiger partial charge in [0.25, 0.3) is 0 Å². The molecule has 0 atom stereocenters. The Labute approximate surface area is 120 Å². The predicted molar refractivity (Wildman–Crippen MR) is 81.4 cm³/mol. The molecule has 1 heterocycles. The van der Waals surface area contributed by atoms with Gasteiger partial charge in [0.2, 0.25) is 0 Å². The highest BCUT2D eigenvalue weighted by Crippen LogP contribution is 2.34. The minimum atomic E-state index is -0.229. The van der Waals surface area contributed by atoms with Crippen LogP contribution in [0, 0.1) is 5.82 Å². The lowest BCUT2D eigenvalue weighted by Crippen LogP contribution is -2.21.